The highest BCUT2D eigenvalue weighted by Crippen LogP contribution is 2.47. The summed E-state index contributed by atoms with van der Waals surface area (Å²) in [5, 5.41) is 50.1. The van der Waals surface area contributed by atoms with Gasteiger partial charge in [0.15, 0.2) is 0 Å². The van der Waals surface area contributed by atoms with E-state index in [1.807, 2.05) is 0 Å². The molecule has 6 atom stereocenters. The summed E-state index contributed by atoms with van der Waals surface area (Å²) in [7, 11) is -5.01. The third kappa shape index (κ3) is 26.4. The van der Waals surface area contributed by atoms with Gasteiger partial charge in [0.1, 0.15) is 42.7 Å². The SMILES string of the molecule is CCCCC/C=C\C/C=C\CCCCCCCCOCC(COP(=O)(O)OC1C(O)C(O)C(O)C(O)C1O)OC(=O)CCCCCCCCCCCCCC. The van der Waals surface area contributed by atoms with Gasteiger partial charge in [-0.1, -0.05) is 147 Å². The average Bonchev–Trinajstić information content (AvgIpc) is 3.17. The van der Waals surface area contributed by atoms with Gasteiger partial charge in [0, 0.05) is 13.0 Å². The van der Waals surface area contributed by atoms with Gasteiger partial charge in [-0.05, 0) is 44.9 Å². The minimum Gasteiger partial charge on any atom is -0.457 e. The highest BCUT2D eigenvalue weighted by atomic mass is 31.2. The number of carbonyl (C=O) groups is 1. The van der Waals surface area contributed by atoms with Crippen molar-refractivity contribution in [3.05, 3.63) is 24.3 Å². The number of aliphatic hydroxyl groups excluding tert-OH is 5. The van der Waals surface area contributed by atoms with Crippen LogP contribution in [0.4, 0.5) is 0 Å². The molecule has 12 nitrogen and oxygen atoms in total. The molecular formula is C42H79O12P. The van der Waals surface area contributed by atoms with E-state index < -0.39 is 63.1 Å². The molecule has 0 aromatic heterocycles. The van der Waals surface area contributed by atoms with Crippen LogP contribution in [-0.2, 0) is 27.9 Å². The molecule has 1 rings (SSSR count). The average molecular weight is 807 g/mol. The zero-order valence-electron chi connectivity index (χ0n) is 34.2. The Bertz CT molecular complexity index is 1010. The van der Waals surface area contributed by atoms with Crippen LogP contribution < -0.4 is 0 Å². The Labute approximate surface area is 332 Å². The number of hydrogen-bond acceptors (Lipinski definition) is 11. The van der Waals surface area contributed by atoms with Crippen molar-refractivity contribution < 1.29 is 58.3 Å². The Morgan fingerprint density at radius 2 is 1.02 bits per heavy atom. The molecule has 0 aromatic rings. The summed E-state index contributed by atoms with van der Waals surface area (Å²) in [5.41, 5.74) is 0. The first-order valence-corrected chi connectivity index (χ1v) is 23.2. The number of unbranched alkanes of at least 4 members (excludes halogenated alkanes) is 20. The normalized spacial score (nSPS) is 23.4. The van der Waals surface area contributed by atoms with Gasteiger partial charge in [-0.25, -0.2) is 4.57 Å². The maximum atomic E-state index is 12.8. The van der Waals surface area contributed by atoms with Crippen LogP contribution in [0.1, 0.15) is 174 Å². The van der Waals surface area contributed by atoms with E-state index in [0.717, 1.165) is 57.8 Å². The topological polar surface area (TPSA) is 192 Å². The smallest absolute Gasteiger partial charge is 0.457 e. The summed E-state index contributed by atoms with van der Waals surface area (Å²) in [6, 6.07) is 0. The molecule has 55 heavy (non-hydrogen) atoms. The van der Waals surface area contributed by atoms with Gasteiger partial charge < -0.3 is 39.9 Å². The number of aliphatic hydroxyl groups is 5. The molecule has 13 heteroatoms. The fourth-order valence-corrected chi connectivity index (χ4v) is 7.53. The first-order chi connectivity index (χ1) is 26.5. The number of phosphoric ester groups is 1. The summed E-state index contributed by atoms with van der Waals surface area (Å²) in [6.45, 7) is 4.20. The monoisotopic (exact) mass is 807 g/mol. The van der Waals surface area contributed by atoms with E-state index in [1.165, 1.54) is 89.9 Å². The molecule has 1 aliphatic carbocycles. The maximum Gasteiger partial charge on any atom is 0.472 e. The van der Waals surface area contributed by atoms with Gasteiger partial charge in [-0.15, -0.1) is 0 Å². The van der Waals surface area contributed by atoms with Crippen molar-refractivity contribution in [1.82, 2.24) is 0 Å². The van der Waals surface area contributed by atoms with E-state index in [9.17, 15) is 39.8 Å². The van der Waals surface area contributed by atoms with Gasteiger partial charge in [0.05, 0.1) is 13.2 Å². The molecule has 0 radical (unpaired) electrons. The molecule has 0 bridgehead atoms. The van der Waals surface area contributed by atoms with Gasteiger partial charge >= 0.3 is 13.8 Å². The lowest BCUT2D eigenvalue weighted by atomic mass is 9.85. The quantitative estimate of drug-likeness (QED) is 0.0154. The predicted molar refractivity (Wildman–Crippen MR) is 216 cm³/mol. The first kappa shape index (κ1) is 51.8. The van der Waals surface area contributed by atoms with Crippen molar-refractivity contribution in [3.63, 3.8) is 0 Å². The van der Waals surface area contributed by atoms with Crippen LogP contribution in [0.3, 0.4) is 0 Å². The van der Waals surface area contributed by atoms with Crippen LogP contribution in [0.25, 0.3) is 0 Å². The van der Waals surface area contributed by atoms with Crippen LogP contribution in [0.2, 0.25) is 0 Å². The molecule has 324 valence electrons. The van der Waals surface area contributed by atoms with Crippen LogP contribution in [0.5, 0.6) is 0 Å². The Morgan fingerprint density at radius 3 is 1.56 bits per heavy atom. The summed E-state index contributed by atoms with van der Waals surface area (Å²) in [6.07, 6.45) is 23.9. The third-order valence-electron chi connectivity index (χ3n) is 10.1. The van der Waals surface area contributed by atoms with E-state index in [2.05, 4.69) is 38.2 Å². The maximum absolute atomic E-state index is 12.8. The van der Waals surface area contributed by atoms with Gasteiger partial charge in [0.2, 0.25) is 0 Å². The number of allylic oxidation sites excluding steroid dienone is 4. The molecule has 6 N–H and O–H groups in total. The van der Waals surface area contributed by atoms with Gasteiger partial charge in [-0.2, -0.15) is 0 Å². The Morgan fingerprint density at radius 1 is 0.582 bits per heavy atom. The summed E-state index contributed by atoms with van der Waals surface area (Å²) in [5.74, 6) is -0.481. The molecule has 0 aromatic carbocycles. The predicted octanol–water partition coefficient (Wildman–Crippen LogP) is 8.14. The fourth-order valence-electron chi connectivity index (χ4n) is 6.56. The number of rotatable bonds is 36. The van der Waals surface area contributed by atoms with Crippen molar-refractivity contribution in [1.29, 1.82) is 0 Å². The number of esters is 1. The van der Waals surface area contributed by atoms with Crippen LogP contribution in [0, 0.1) is 0 Å². The van der Waals surface area contributed by atoms with E-state index in [-0.39, 0.29) is 13.0 Å². The first-order valence-electron chi connectivity index (χ1n) is 21.7. The molecule has 0 aliphatic heterocycles. The van der Waals surface area contributed by atoms with E-state index in [0.29, 0.717) is 13.0 Å². The molecular weight excluding hydrogens is 727 g/mol. The number of carbonyl (C=O) groups excluding carboxylic acids is 1. The lowest BCUT2D eigenvalue weighted by Gasteiger charge is -2.41. The number of ether oxygens (including phenoxy) is 2. The Kier molecular flexibility index (Phi) is 31.8. The van der Waals surface area contributed by atoms with Crippen molar-refractivity contribution in [2.45, 2.75) is 217 Å². The van der Waals surface area contributed by atoms with Crippen molar-refractivity contribution in [3.8, 4) is 0 Å². The Balaban J connectivity index is 2.43. The molecule has 6 unspecified atom stereocenters. The van der Waals surface area contributed by atoms with Crippen molar-refractivity contribution >= 4 is 13.8 Å². The zero-order valence-corrected chi connectivity index (χ0v) is 35.1. The van der Waals surface area contributed by atoms with Crippen molar-refractivity contribution in [2.24, 2.45) is 0 Å². The highest BCUT2D eigenvalue weighted by molar-refractivity contribution is 7.47. The van der Waals surface area contributed by atoms with E-state index >= 15 is 0 Å². The molecule has 1 aliphatic rings. The summed E-state index contributed by atoms with van der Waals surface area (Å²) >= 11 is 0. The molecule has 1 saturated carbocycles. The van der Waals surface area contributed by atoms with E-state index in [4.69, 9.17) is 18.5 Å². The van der Waals surface area contributed by atoms with Gasteiger partial charge in [0.25, 0.3) is 0 Å². The molecule has 1 fully saturated rings. The number of hydrogen-bond donors (Lipinski definition) is 6. The highest BCUT2D eigenvalue weighted by Gasteiger charge is 2.51. The second-order valence-corrected chi connectivity index (χ2v) is 16.6. The standard InChI is InChI=1S/C42H79O12P/c1-3-5-7-9-11-13-15-17-18-19-20-22-24-26-28-30-32-51-33-35(53-36(43)31-29-27-25-23-21-16-14-12-10-8-6-4-2)34-52-55(49,50)54-42-40(47)38(45)37(44)39(46)41(42)48/h11,13,17-18,35,37-42,44-48H,3-10,12,14-16,19-34H2,1-2H3,(H,49,50)/b13-11-,18-17-. The fraction of sp³-hybridized carbons (Fsp3) is 0.881. The largest absolute Gasteiger partial charge is 0.472 e. The molecule has 0 heterocycles. The molecule has 0 amide bonds. The minimum absolute atomic E-state index is 0.0806. The minimum atomic E-state index is -5.01. The lowest BCUT2D eigenvalue weighted by Crippen LogP contribution is -2.64. The second kappa shape index (κ2) is 33.8. The third-order valence-corrected chi connectivity index (χ3v) is 11.1. The Hall–Kier alpha value is -1.18. The summed E-state index contributed by atoms with van der Waals surface area (Å²) < 4.78 is 34.1. The van der Waals surface area contributed by atoms with Crippen LogP contribution >= 0.6 is 7.82 Å². The second-order valence-electron chi connectivity index (χ2n) is 15.2. The zero-order chi connectivity index (χ0) is 40.6. The molecule has 0 saturated heterocycles. The lowest BCUT2D eigenvalue weighted by molar-refractivity contribution is -0.220. The van der Waals surface area contributed by atoms with Crippen molar-refractivity contribution in [2.75, 3.05) is 19.8 Å². The summed E-state index contributed by atoms with van der Waals surface area (Å²) in [4.78, 5) is 23.1. The molecule has 0 spiro atoms. The van der Waals surface area contributed by atoms with E-state index in [1.54, 1.807) is 0 Å². The van der Waals surface area contributed by atoms with Gasteiger partial charge in [-0.3, -0.25) is 13.8 Å². The van der Waals surface area contributed by atoms with Crippen LogP contribution in [0.15, 0.2) is 24.3 Å². The number of phosphoric acid groups is 1. The van der Waals surface area contributed by atoms with Crippen LogP contribution in [-0.4, -0.2) is 98.9 Å².